The molecule has 176 valence electrons. The average Bonchev–Trinajstić information content (AvgIpc) is 3.12. The number of hydrogen-bond donors (Lipinski definition) is 1. The van der Waals surface area contributed by atoms with Crippen LogP contribution in [0.5, 0.6) is 0 Å². The van der Waals surface area contributed by atoms with Crippen LogP contribution in [0, 0.1) is 11.8 Å². The first-order chi connectivity index (χ1) is 16.4. The molecule has 4 rings (SSSR count). The number of anilines is 2. The van der Waals surface area contributed by atoms with Gasteiger partial charge >= 0.3 is 11.9 Å². The van der Waals surface area contributed by atoms with Crippen LogP contribution >= 0.6 is 0 Å². The summed E-state index contributed by atoms with van der Waals surface area (Å²) in [5.41, 5.74) is 1.21. The van der Waals surface area contributed by atoms with Gasteiger partial charge < -0.3 is 14.8 Å². The van der Waals surface area contributed by atoms with Crippen molar-refractivity contribution >= 4 is 41.0 Å². The van der Waals surface area contributed by atoms with Crippen LogP contribution in [-0.2, 0) is 23.9 Å². The molecule has 1 N–H and O–H groups in total. The summed E-state index contributed by atoms with van der Waals surface area (Å²) in [4.78, 5) is 62.9. The Morgan fingerprint density at radius 1 is 0.912 bits per heavy atom. The molecule has 2 aliphatic rings. The summed E-state index contributed by atoms with van der Waals surface area (Å²) in [6.07, 6.45) is 3.26. The molecule has 2 aromatic carbocycles. The summed E-state index contributed by atoms with van der Waals surface area (Å²) in [6.45, 7) is -0.534. The van der Waals surface area contributed by atoms with E-state index in [1.54, 1.807) is 12.1 Å². The Balaban J connectivity index is 1.36. The van der Waals surface area contributed by atoms with Crippen molar-refractivity contribution in [2.45, 2.75) is 25.7 Å². The number of amides is 3. The Kier molecular flexibility index (Phi) is 6.72. The van der Waals surface area contributed by atoms with Crippen LogP contribution in [0.25, 0.3) is 0 Å². The molecule has 0 radical (unpaired) electrons. The van der Waals surface area contributed by atoms with Gasteiger partial charge in [-0.25, -0.2) is 9.59 Å². The third kappa shape index (κ3) is 4.68. The Morgan fingerprint density at radius 3 is 2.18 bits per heavy atom. The molecule has 0 spiro atoms. The summed E-state index contributed by atoms with van der Waals surface area (Å²) < 4.78 is 9.71. The Morgan fingerprint density at radius 2 is 1.56 bits per heavy atom. The second-order valence-corrected chi connectivity index (χ2v) is 8.25. The second-order valence-electron chi connectivity index (χ2n) is 8.25. The van der Waals surface area contributed by atoms with E-state index >= 15 is 0 Å². The van der Waals surface area contributed by atoms with Crippen LogP contribution < -0.4 is 10.2 Å². The zero-order valence-electron chi connectivity index (χ0n) is 18.6. The number of rotatable bonds is 6. The lowest BCUT2D eigenvalue weighted by Crippen LogP contribution is -2.31. The zero-order chi connectivity index (χ0) is 24.2. The molecule has 1 saturated heterocycles. The number of carbonyl (C=O) groups is 5. The highest BCUT2D eigenvalue weighted by molar-refractivity contribution is 6.22. The van der Waals surface area contributed by atoms with Gasteiger partial charge in [-0.3, -0.25) is 19.3 Å². The van der Waals surface area contributed by atoms with E-state index in [2.05, 4.69) is 10.1 Å². The van der Waals surface area contributed by atoms with Crippen LogP contribution in [0.1, 0.15) is 46.4 Å². The maximum Gasteiger partial charge on any atom is 0.338 e. The molecule has 2 aromatic rings. The number of imide groups is 1. The van der Waals surface area contributed by atoms with Crippen LogP contribution in [0.4, 0.5) is 11.4 Å². The number of nitrogens with one attached hydrogen (secondary N) is 1. The predicted molar refractivity (Wildman–Crippen MR) is 121 cm³/mol. The smallest absolute Gasteiger partial charge is 0.338 e. The topological polar surface area (TPSA) is 119 Å². The van der Waals surface area contributed by atoms with E-state index < -0.39 is 24.5 Å². The number of methoxy groups -OCH3 is 1. The zero-order valence-corrected chi connectivity index (χ0v) is 18.6. The van der Waals surface area contributed by atoms with Crippen molar-refractivity contribution in [2.75, 3.05) is 23.9 Å². The molecule has 34 heavy (non-hydrogen) atoms. The van der Waals surface area contributed by atoms with Crippen molar-refractivity contribution < 1.29 is 33.4 Å². The molecule has 1 aliphatic heterocycles. The van der Waals surface area contributed by atoms with Crippen LogP contribution in [0.15, 0.2) is 48.5 Å². The molecule has 0 unspecified atom stereocenters. The van der Waals surface area contributed by atoms with Crippen molar-refractivity contribution in [1.82, 2.24) is 0 Å². The van der Waals surface area contributed by atoms with E-state index in [9.17, 15) is 24.0 Å². The lowest BCUT2D eigenvalue weighted by molar-refractivity contribution is -0.122. The lowest BCUT2D eigenvalue weighted by atomic mass is 9.81. The number of esters is 2. The van der Waals surface area contributed by atoms with Gasteiger partial charge in [0.15, 0.2) is 6.61 Å². The van der Waals surface area contributed by atoms with Gasteiger partial charge in [-0.1, -0.05) is 18.9 Å². The third-order valence-electron chi connectivity index (χ3n) is 6.11. The van der Waals surface area contributed by atoms with Crippen LogP contribution in [0.2, 0.25) is 0 Å². The summed E-state index contributed by atoms with van der Waals surface area (Å²) in [7, 11) is 1.27. The van der Waals surface area contributed by atoms with Crippen molar-refractivity contribution in [3.05, 3.63) is 59.7 Å². The molecular weight excluding hydrogens is 440 g/mol. The highest BCUT2D eigenvalue weighted by Gasteiger charge is 2.48. The predicted octanol–water partition coefficient (Wildman–Crippen LogP) is 2.95. The van der Waals surface area contributed by atoms with E-state index in [0.29, 0.717) is 29.8 Å². The van der Waals surface area contributed by atoms with Gasteiger partial charge in [-0.15, -0.1) is 0 Å². The van der Waals surface area contributed by atoms with E-state index in [-0.39, 0.29) is 29.2 Å². The van der Waals surface area contributed by atoms with Gasteiger partial charge in [-0.2, -0.15) is 0 Å². The number of ether oxygens (including phenoxy) is 2. The van der Waals surface area contributed by atoms with Crippen molar-refractivity contribution in [3.63, 3.8) is 0 Å². The van der Waals surface area contributed by atoms with Crippen molar-refractivity contribution in [1.29, 1.82) is 0 Å². The Hall–Kier alpha value is -4.01. The van der Waals surface area contributed by atoms with Gasteiger partial charge in [0.2, 0.25) is 11.8 Å². The normalized spacial score (nSPS) is 19.4. The number of benzene rings is 2. The van der Waals surface area contributed by atoms with Crippen molar-refractivity contribution in [2.24, 2.45) is 11.8 Å². The SMILES string of the molecule is COC(=O)c1ccc(NC(=O)COC(=O)c2cccc(N3C(=O)[C@H]4CCCC[C@@H]4C3=O)c2)cc1. The van der Waals surface area contributed by atoms with Gasteiger partial charge in [-0.05, 0) is 55.3 Å². The summed E-state index contributed by atoms with van der Waals surface area (Å²) in [5, 5.41) is 2.56. The highest BCUT2D eigenvalue weighted by atomic mass is 16.5. The molecule has 1 saturated carbocycles. The molecule has 0 aromatic heterocycles. The number of nitrogens with zero attached hydrogens (tertiary/aromatic N) is 1. The molecule has 1 heterocycles. The first kappa shape index (κ1) is 23.2. The number of fused-ring (bicyclic) bond motifs is 1. The second kappa shape index (κ2) is 9.86. The highest BCUT2D eigenvalue weighted by Crippen LogP contribution is 2.40. The minimum Gasteiger partial charge on any atom is -0.465 e. The number of carbonyl (C=O) groups excluding carboxylic acids is 5. The standard InChI is InChI=1S/C25H24N2O7/c1-33-24(31)15-9-11-17(12-10-15)26-21(28)14-34-25(32)16-5-4-6-18(13-16)27-22(29)19-7-2-3-8-20(19)23(27)30/h4-6,9-13,19-20H,2-3,7-8,14H2,1H3,(H,26,28)/t19-,20-/m0/s1. The fourth-order valence-electron chi connectivity index (χ4n) is 4.41. The monoisotopic (exact) mass is 464 g/mol. The van der Waals surface area contributed by atoms with Crippen LogP contribution in [0.3, 0.4) is 0 Å². The Labute approximate surface area is 196 Å². The third-order valence-corrected chi connectivity index (χ3v) is 6.11. The van der Waals surface area contributed by atoms with Crippen LogP contribution in [-0.4, -0.2) is 43.4 Å². The van der Waals surface area contributed by atoms with E-state index in [0.717, 1.165) is 12.8 Å². The molecule has 2 atom stereocenters. The average molecular weight is 464 g/mol. The molecule has 1 aliphatic carbocycles. The van der Waals surface area contributed by atoms with Gasteiger partial charge in [0.05, 0.1) is 35.8 Å². The lowest BCUT2D eigenvalue weighted by Gasteiger charge is -2.19. The number of hydrogen-bond acceptors (Lipinski definition) is 7. The first-order valence-corrected chi connectivity index (χ1v) is 11.0. The fourth-order valence-corrected chi connectivity index (χ4v) is 4.41. The maximum absolute atomic E-state index is 12.8. The minimum absolute atomic E-state index is 0.128. The van der Waals surface area contributed by atoms with Gasteiger partial charge in [0.25, 0.3) is 5.91 Å². The van der Waals surface area contributed by atoms with E-state index in [1.165, 1.54) is 48.4 Å². The van der Waals surface area contributed by atoms with E-state index in [1.807, 2.05) is 0 Å². The molecule has 9 nitrogen and oxygen atoms in total. The molecule has 3 amide bonds. The largest absolute Gasteiger partial charge is 0.465 e. The maximum atomic E-state index is 12.8. The molecule has 2 fully saturated rings. The quantitative estimate of drug-likeness (QED) is 0.516. The summed E-state index contributed by atoms with van der Waals surface area (Å²) >= 11 is 0. The fraction of sp³-hybridized carbons (Fsp3) is 0.320. The van der Waals surface area contributed by atoms with E-state index in [4.69, 9.17) is 4.74 Å². The minimum atomic E-state index is -0.755. The summed E-state index contributed by atoms with van der Waals surface area (Å²) in [5.74, 6) is -2.84. The molecular formula is C25H24N2O7. The molecule has 0 bridgehead atoms. The molecule has 9 heteroatoms. The van der Waals surface area contributed by atoms with Gasteiger partial charge in [0.1, 0.15) is 0 Å². The van der Waals surface area contributed by atoms with Crippen molar-refractivity contribution in [3.8, 4) is 0 Å². The Bertz CT molecular complexity index is 1120. The van der Waals surface area contributed by atoms with Gasteiger partial charge in [0, 0.05) is 5.69 Å². The summed E-state index contributed by atoms with van der Waals surface area (Å²) in [6, 6.07) is 12.1. The first-order valence-electron chi connectivity index (χ1n) is 11.0.